The zero-order valence-electron chi connectivity index (χ0n) is 11.1. The Balaban J connectivity index is 1.81. The maximum atomic E-state index is 10.8. The van der Waals surface area contributed by atoms with Gasteiger partial charge < -0.3 is 10.2 Å². The van der Waals surface area contributed by atoms with Crippen LogP contribution in [0.4, 0.5) is 5.69 Å². The normalized spacial score (nSPS) is 32.2. The van der Waals surface area contributed by atoms with Crippen molar-refractivity contribution in [2.24, 2.45) is 5.92 Å². The highest BCUT2D eigenvalue weighted by molar-refractivity contribution is 5.47. The maximum absolute atomic E-state index is 10.8. The molecule has 2 bridgehead atoms. The summed E-state index contributed by atoms with van der Waals surface area (Å²) in [6, 6.07) is 4.49. The summed E-state index contributed by atoms with van der Waals surface area (Å²) in [4.78, 5) is 12.5. The molecule has 3 aliphatic rings. The fourth-order valence-corrected chi connectivity index (χ4v) is 3.46. The molecule has 3 aliphatic heterocycles. The molecule has 0 saturated carbocycles. The largest absolute Gasteiger partial charge is 0.502 e. The van der Waals surface area contributed by atoms with Crippen molar-refractivity contribution in [2.75, 3.05) is 13.1 Å². The van der Waals surface area contributed by atoms with Crippen LogP contribution >= 0.6 is 0 Å². The molecule has 3 fully saturated rings. The Morgan fingerprint density at radius 1 is 1.35 bits per heavy atom. The number of aliphatic hydroxyl groups is 1. The first kappa shape index (κ1) is 13.3. The molecule has 3 heterocycles. The molecule has 2 unspecified atom stereocenters. The summed E-state index contributed by atoms with van der Waals surface area (Å²) in [5.41, 5.74) is 0.513. The van der Waals surface area contributed by atoms with Crippen LogP contribution in [0.25, 0.3) is 0 Å². The third-order valence-electron chi connectivity index (χ3n) is 4.60. The van der Waals surface area contributed by atoms with Gasteiger partial charge in [-0.25, -0.2) is 0 Å². The fourth-order valence-electron chi connectivity index (χ4n) is 3.46. The van der Waals surface area contributed by atoms with Crippen LogP contribution in [0.2, 0.25) is 0 Å². The molecule has 20 heavy (non-hydrogen) atoms. The standard InChI is InChI=1S/C14H18N2O4/c17-13-2-1-9(7-11(13)16(19)20)8-12-14(18)10-3-5-15(12)6-4-10/h1-2,7,10,12,14,17-18H,3-6,8H2. The quantitative estimate of drug-likeness (QED) is 0.643. The van der Waals surface area contributed by atoms with E-state index in [2.05, 4.69) is 4.90 Å². The van der Waals surface area contributed by atoms with Crippen molar-refractivity contribution in [1.29, 1.82) is 0 Å². The summed E-state index contributed by atoms with van der Waals surface area (Å²) in [7, 11) is 0. The van der Waals surface area contributed by atoms with Gasteiger partial charge in [-0.3, -0.25) is 15.0 Å². The van der Waals surface area contributed by atoms with Gasteiger partial charge in [-0.2, -0.15) is 0 Å². The summed E-state index contributed by atoms with van der Waals surface area (Å²) in [6.45, 7) is 1.99. The van der Waals surface area contributed by atoms with Crippen LogP contribution in [0.3, 0.4) is 0 Å². The van der Waals surface area contributed by atoms with E-state index in [1.54, 1.807) is 6.07 Å². The molecule has 3 saturated heterocycles. The number of fused-ring (bicyclic) bond motifs is 3. The fraction of sp³-hybridized carbons (Fsp3) is 0.571. The number of aromatic hydroxyl groups is 1. The molecule has 0 aromatic heterocycles. The van der Waals surface area contributed by atoms with E-state index in [0.717, 1.165) is 31.5 Å². The SMILES string of the molecule is O=[N+]([O-])c1cc(CC2C(O)C3CCN2CC3)ccc1O. The van der Waals surface area contributed by atoms with E-state index in [-0.39, 0.29) is 23.6 Å². The Labute approximate surface area is 116 Å². The monoisotopic (exact) mass is 278 g/mol. The topological polar surface area (TPSA) is 86.8 Å². The molecular weight excluding hydrogens is 260 g/mol. The van der Waals surface area contributed by atoms with Gasteiger partial charge in [0, 0.05) is 12.1 Å². The van der Waals surface area contributed by atoms with Gasteiger partial charge in [0.15, 0.2) is 5.75 Å². The number of hydrogen-bond acceptors (Lipinski definition) is 5. The number of piperidine rings is 3. The molecule has 0 amide bonds. The van der Waals surface area contributed by atoms with Crippen LogP contribution in [0.15, 0.2) is 18.2 Å². The van der Waals surface area contributed by atoms with E-state index in [0.29, 0.717) is 12.3 Å². The summed E-state index contributed by atoms with van der Waals surface area (Å²) in [5, 5.41) is 30.6. The third-order valence-corrected chi connectivity index (χ3v) is 4.60. The second kappa shape index (κ2) is 5.03. The van der Waals surface area contributed by atoms with E-state index < -0.39 is 4.92 Å². The molecule has 6 heteroatoms. The van der Waals surface area contributed by atoms with Gasteiger partial charge in [-0.15, -0.1) is 0 Å². The number of phenols is 1. The van der Waals surface area contributed by atoms with Gasteiger partial charge in [0.1, 0.15) is 0 Å². The number of nitro benzene ring substituents is 1. The summed E-state index contributed by atoms with van der Waals surface area (Å²) >= 11 is 0. The Morgan fingerprint density at radius 3 is 2.65 bits per heavy atom. The third kappa shape index (κ3) is 2.25. The number of rotatable bonds is 3. The van der Waals surface area contributed by atoms with Crippen molar-refractivity contribution >= 4 is 5.69 Å². The molecule has 0 radical (unpaired) electrons. The Morgan fingerprint density at radius 2 is 2.05 bits per heavy atom. The average Bonchev–Trinajstić information content (AvgIpc) is 2.45. The number of nitro groups is 1. The van der Waals surface area contributed by atoms with Crippen molar-refractivity contribution in [3.05, 3.63) is 33.9 Å². The van der Waals surface area contributed by atoms with E-state index >= 15 is 0 Å². The van der Waals surface area contributed by atoms with Crippen molar-refractivity contribution < 1.29 is 15.1 Å². The molecule has 6 nitrogen and oxygen atoms in total. The van der Waals surface area contributed by atoms with Gasteiger partial charge >= 0.3 is 5.69 Å². The zero-order chi connectivity index (χ0) is 14.3. The minimum absolute atomic E-state index is 0.0339. The van der Waals surface area contributed by atoms with Crippen molar-refractivity contribution in [1.82, 2.24) is 4.90 Å². The molecule has 108 valence electrons. The number of hydrogen-bond donors (Lipinski definition) is 2. The lowest BCUT2D eigenvalue weighted by Crippen LogP contribution is -2.58. The lowest BCUT2D eigenvalue weighted by Gasteiger charge is -2.49. The molecule has 0 aliphatic carbocycles. The Hall–Kier alpha value is -1.66. The first-order valence-electron chi connectivity index (χ1n) is 6.94. The number of benzene rings is 1. The Kier molecular flexibility index (Phi) is 3.35. The second-order valence-corrected chi connectivity index (χ2v) is 5.72. The highest BCUT2D eigenvalue weighted by atomic mass is 16.6. The average molecular weight is 278 g/mol. The van der Waals surface area contributed by atoms with Crippen molar-refractivity contribution in [3.8, 4) is 5.75 Å². The van der Waals surface area contributed by atoms with Gasteiger partial charge in [0.05, 0.1) is 11.0 Å². The van der Waals surface area contributed by atoms with Crippen molar-refractivity contribution in [3.63, 3.8) is 0 Å². The summed E-state index contributed by atoms with van der Waals surface area (Å²) in [6.07, 6.45) is 2.30. The van der Waals surface area contributed by atoms with Crippen molar-refractivity contribution in [2.45, 2.75) is 31.4 Å². The van der Waals surface area contributed by atoms with E-state index in [9.17, 15) is 20.3 Å². The lowest BCUT2D eigenvalue weighted by molar-refractivity contribution is -0.385. The smallest absolute Gasteiger partial charge is 0.310 e. The zero-order valence-corrected chi connectivity index (χ0v) is 11.1. The van der Waals surface area contributed by atoms with Gasteiger partial charge in [-0.05, 0) is 49.9 Å². The molecule has 4 rings (SSSR count). The highest BCUT2D eigenvalue weighted by Gasteiger charge is 2.41. The van der Waals surface area contributed by atoms with Gasteiger partial charge in [-0.1, -0.05) is 6.07 Å². The lowest BCUT2D eigenvalue weighted by atomic mass is 9.78. The van der Waals surface area contributed by atoms with Crippen LogP contribution in [0.1, 0.15) is 18.4 Å². The van der Waals surface area contributed by atoms with Crippen LogP contribution in [-0.2, 0) is 6.42 Å². The predicted molar refractivity (Wildman–Crippen MR) is 72.6 cm³/mol. The van der Waals surface area contributed by atoms with E-state index in [1.807, 2.05) is 0 Å². The molecule has 0 spiro atoms. The van der Waals surface area contributed by atoms with E-state index in [1.165, 1.54) is 12.1 Å². The van der Waals surface area contributed by atoms with E-state index in [4.69, 9.17) is 0 Å². The molecule has 2 N–H and O–H groups in total. The minimum Gasteiger partial charge on any atom is -0.502 e. The summed E-state index contributed by atoms with van der Waals surface area (Å²) < 4.78 is 0. The molecular formula is C14H18N2O4. The molecule has 1 aromatic carbocycles. The maximum Gasteiger partial charge on any atom is 0.310 e. The molecule has 2 atom stereocenters. The van der Waals surface area contributed by atoms with Crippen LogP contribution in [0, 0.1) is 16.0 Å². The number of aliphatic hydroxyl groups excluding tert-OH is 1. The summed E-state index contributed by atoms with van der Waals surface area (Å²) in [5.74, 6) is 0.0434. The second-order valence-electron chi connectivity index (χ2n) is 5.72. The van der Waals surface area contributed by atoms with Crippen LogP contribution in [0.5, 0.6) is 5.75 Å². The van der Waals surface area contributed by atoms with Gasteiger partial charge in [0.2, 0.25) is 0 Å². The minimum atomic E-state index is -0.581. The van der Waals surface area contributed by atoms with Gasteiger partial charge in [0.25, 0.3) is 0 Å². The van der Waals surface area contributed by atoms with Crippen LogP contribution < -0.4 is 0 Å². The number of nitrogens with zero attached hydrogens (tertiary/aromatic N) is 2. The highest BCUT2D eigenvalue weighted by Crippen LogP contribution is 2.35. The first-order valence-corrected chi connectivity index (χ1v) is 6.94. The number of phenolic OH excluding ortho intramolecular Hbond substituents is 1. The Bertz CT molecular complexity index is 524. The first-order chi connectivity index (χ1) is 9.56. The van der Waals surface area contributed by atoms with Crippen LogP contribution in [-0.4, -0.2) is 45.3 Å². The molecule has 1 aromatic rings. The predicted octanol–water partition coefficient (Wildman–Crippen LogP) is 1.30.